The smallest absolute Gasteiger partial charge is 0.309 e. The molecule has 0 radical (unpaired) electrons. The highest BCUT2D eigenvalue weighted by Gasteiger charge is 2.36. The van der Waals surface area contributed by atoms with Crippen molar-refractivity contribution in [3.8, 4) is 0 Å². The van der Waals surface area contributed by atoms with E-state index in [0.29, 0.717) is 6.42 Å². The first-order chi connectivity index (χ1) is 5.49. The molecule has 0 heterocycles. The molecule has 0 aromatic carbocycles. The summed E-state index contributed by atoms with van der Waals surface area (Å²) in [6.45, 7) is 9.28. The largest absolute Gasteiger partial charge is 0.481 e. The van der Waals surface area contributed by atoms with Crippen molar-refractivity contribution in [3.63, 3.8) is 0 Å². The van der Waals surface area contributed by atoms with Crippen LogP contribution in [0.4, 0.5) is 0 Å². The molecule has 0 fully saturated rings. The molecule has 70 valence electrons. The Morgan fingerprint density at radius 3 is 2.50 bits per heavy atom. The zero-order valence-corrected chi connectivity index (χ0v) is 8.13. The molecule has 2 nitrogen and oxygen atoms in total. The van der Waals surface area contributed by atoms with Crippen LogP contribution in [0.25, 0.3) is 0 Å². The van der Waals surface area contributed by atoms with Crippen LogP contribution in [0.15, 0.2) is 12.7 Å². The maximum atomic E-state index is 10.9. The molecule has 2 unspecified atom stereocenters. The van der Waals surface area contributed by atoms with Crippen molar-refractivity contribution in [1.82, 2.24) is 0 Å². The third-order valence-electron chi connectivity index (χ3n) is 2.83. The van der Waals surface area contributed by atoms with Gasteiger partial charge in [0.25, 0.3) is 0 Å². The van der Waals surface area contributed by atoms with E-state index in [2.05, 4.69) is 6.58 Å². The molecule has 0 saturated heterocycles. The molecule has 0 saturated carbocycles. The van der Waals surface area contributed by atoms with E-state index in [4.69, 9.17) is 5.11 Å². The van der Waals surface area contributed by atoms with E-state index in [0.717, 1.165) is 6.42 Å². The van der Waals surface area contributed by atoms with E-state index >= 15 is 0 Å². The number of hydrogen-bond acceptors (Lipinski definition) is 1. The average molecular weight is 170 g/mol. The van der Waals surface area contributed by atoms with Gasteiger partial charge in [0.15, 0.2) is 0 Å². The predicted molar refractivity (Wildman–Crippen MR) is 50.0 cm³/mol. The summed E-state index contributed by atoms with van der Waals surface area (Å²) in [5, 5.41) is 9.00. The zero-order valence-electron chi connectivity index (χ0n) is 8.13. The lowest BCUT2D eigenvalue weighted by Crippen LogP contribution is -2.33. The van der Waals surface area contributed by atoms with Crippen molar-refractivity contribution < 1.29 is 9.90 Å². The zero-order chi connectivity index (χ0) is 9.78. The van der Waals surface area contributed by atoms with Crippen molar-refractivity contribution in [2.45, 2.75) is 33.6 Å². The van der Waals surface area contributed by atoms with Crippen LogP contribution in [-0.4, -0.2) is 11.1 Å². The van der Waals surface area contributed by atoms with Crippen LogP contribution in [0, 0.1) is 11.3 Å². The summed E-state index contributed by atoms with van der Waals surface area (Å²) in [7, 11) is 0. The number of hydrogen-bond donors (Lipinski definition) is 1. The van der Waals surface area contributed by atoms with Crippen LogP contribution < -0.4 is 0 Å². The summed E-state index contributed by atoms with van der Waals surface area (Å²) < 4.78 is 0. The van der Waals surface area contributed by atoms with Crippen LogP contribution >= 0.6 is 0 Å². The third-order valence-corrected chi connectivity index (χ3v) is 2.83. The molecule has 0 bridgehead atoms. The minimum atomic E-state index is -0.709. The van der Waals surface area contributed by atoms with E-state index in [1.165, 1.54) is 0 Å². The van der Waals surface area contributed by atoms with E-state index in [-0.39, 0.29) is 5.92 Å². The monoisotopic (exact) mass is 170 g/mol. The molecule has 12 heavy (non-hydrogen) atoms. The molecule has 0 rings (SSSR count). The topological polar surface area (TPSA) is 37.3 Å². The Hall–Kier alpha value is -0.790. The summed E-state index contributed by atoms with van der Waals surface area (Å²) >= 11 is 0. The third kappa shape index (κ3) is 2.10. The second kappa shape index (κ2) is 4.29. The highest BCUT2D eigenvalue weighted by molar-refractivity contribution is 5.74. The van der Waals surface area contributed by atoms with E-state index in [1.54, 1.807) is 13.0 Å². The first-order valence-electron chi connectivity index (χ1n) is 4.33. The van der Waals surface area contributed by atoms with Gasteiger partial charge in [0.2, 0.25) is 0 Å². The van der Waals surface area contributed by atoms with Crippen molar-refractivity contribution in [3.05, 3.63) is 12.7 Å². The van der Waals surface area contributed by atoms with Crippen LogP contribution in [0.2, 0.25) is 0 Å². The van der Waals surface area contributed by atoms with Crippen molar-refractivity contribution >= 4 is 5.97 Å². The van der Waals surface area contributed by atoms with Gasteiger partial charge in [-0.05, 0) is 25.7 Å². The van der Waals surface area contributed by atoms with Gasteiger partial charge in [0.05, 0.1) is 5.41 Å². The van der Waals surface area contributed by atoms with Gasteiger partial charge >= 0.3 is 5.97 Å². The summed E-state index contributed by atoms with van der Waals surface area (Å²) in [5.74, 6) is -0.558. The van der Waals surface area contributed by atoms with Crippen molar-refractivity contribution in [2.75, 3.05) is 0 Å². The van der Waals surface area contributed by atoms with Gasteiger partial charge < -0.3 is 5.11 Å². The number of rotatable bonds is 5. The molecule has 0 aliphatic heterocycles. The van der Waals surface area contributed by atoms with Crippen molar-refractivity contribution in [1.29, 1.82) is 0 Å². The Kier molecular flexibility index (Phi) is 4.01. The van der Waals surface area contributed by atoms with Gasteiger partial charge in [-0.3, -0.25) is 4.79 Å². The molecular formula is C10H18O2. The number of aliphatic carboxylic acids is 1. The van der Waals surface area contributed by atoms with Gasteiger partial charge in [-0.25, -0.2) is 0 Å². The summed E-state index contributed by atoms with van der Waals surface area (Å²) in [6, 6.07) is 0. The maximum Gasteiger partial charge on any atom is 0.309 e. The van der Waals surface area contributed by atoms with E-state index < -0.39 is 11.4 Å². The molecular weight excluding hydrogens is 152 g/mol. The molecule has 2 atom stereocenters. The highest BCUT2D eigenvalue weighted by atomic mass is 16.4. The van der Waals surface area contributed by atoms with Crippen LogP contribution in [0.3, 0.4) is 0 Å². The summed E-state index contributed by atoms with van der Waals surface area (Å²) in [5.41, 5.74) is -0.603. The van der Waals surface area contributed by atoms with Gasteiger partial charge in [-0.1, -0.05) is 19.9 Å². The predicted octanol–water partition coefficient (Wildman–Crippen LogP) is 2.70. The first kappa shape index (κ1) is 11.2. The quantitative estimate of drug-likeness (QED) is 0.644. The van der Waals surface area contributed by atoms with Gasteiger partial charge in [0.1, 0.15) is 0 Å². The Morgan fingerprint density at radius 2 is 2.25 bits per heavy atom. The lowest BCUT2D eigenvalue weighted by Gasteiger charge is -2.29. The minimum absolute atomic E-state index is 0.150. The average Bonchev–Trinajstić information content (AvgIpc) is 2.03. The molecule has 0 spiro atoms. The Bertz CT molecular complexity index is 175. The van der Waals surface area contributed by atoms with Crippen molar-refractivity contribution in [2.24, 2.45) is 11.3 Å². The molecule has 0 amide bonds. The molecule has 0 aliphatic carbocycles. The summed E-state index contributed by atoms with van der Waals surface area (Å²) in [6.07, 6.45) is 3.20. The SMILES string of the molecule is C=CCC(C)C(C)(CC)C(=O)O. The fourth-order valence-electron chi connectivity index (χ4n) is 1.22. The van der Waals surface area contributed by atoms with Crippen LogP contribution in [0.1, 0.15) is 33.6 Å². The van der Waals surface area contributed by atoms with Crippen LogP contribution in [0.5, 0.6) is 0 Å². The normalized spacial score (nSPS) is 17.9. The Labute approximate surface area is 74.3 Å². The molecule has 0 aromatic rings. The minimum Gasteiger partial charge on any atom is -0.481 e. The van der Waals surface area contributed by atoms with E-state index in [1.807, 2.05) is 13.8 Å². The highest BCUT2D eigenvalue weighted by Crippen LogP contribution is 2.33. The Balaban J connectivity index is 4.50. The molecule has 0 aromatic heterocycles. The lowest BCUT2D eigenvalue weighted by atomic mass is 9.74. The number of carboxylic acid groups (broad SMARTS) is 1. The fourth-order valence-corrected chi connectivity index (χ4v) is 1.22. The maximum absolute atomic E-state index is 10.9. The van der Waals surface area contributed by atoms with E-state index in [9.17, 15) is 4.79 Å². The van der Waals surface area contributed by atoms with Gasteiger partial charge in [-0.2, -0.15) is 0 Å². The molecule has 0 aliphatic rings. The standard InChI is InChI=1S/C10H18O2/c1-5-7-8(3)10(4,6-2)9(11)12/h5,8H,1,6-7H2,2-4H3,(H,11,12). The van der Waals surface area contributed by atoms with Gasteiger partial charge in [-0.15, -0.1) is 6.58 Å². The second-order valence-electron chi connectivity index (χ2n) is 3.50. The van der Waals surface area contributed by atoms with Crippen LogP contribution in [-0.2, 0) is 4.79 Å². The summed E-state index contributed by atoms with van der Waals surface area (Å²) in [4.78, 5) is 10.9. The molecule has 1 N–H and O–H groups in total. The van der Waals surface area contributed by atoms with Gasteiger partial charge in [0, 0.05) is 0 Å². The molecule has 2 heteroatoms. The first-order valence-corrected chi connectivity index (χ1v) is 4.33. The second-order valence-corrected chi connectivity index (χ2v) is 3.50. The number of carboxylic acids is 1. The number of allylic oxidation sites excluding steroid dienone is 1. The number of carbonyl (C=O) groups is 1. The Morgan fingerprint density at radius 1 is 1.75 bits per heavy atom. The lowest BCUT2D eigenvalue weighted by molar-refractivity contribution is -0.151. The fraction of sp³-hybridized carbons (Fsp3) is 0.700.